The Hall–Kier alpha value is -2.25. The predicted molar refractivity (Wildman–Crippen MR) is 105 cm³/mol. The number of benzene rings is 1. The minimum atomic E-state index is -0.202. The fourth-order valence-corrected chi connectivity index (χ4v) is 4.38. The van der Waals surface area contributed by atoms with Crippen molar-refractivity contribution in [1.29, 1.82) is 0 Å². The molecule has 134 valence electrons. The van der Waals surface area contributed by atoms with Crippen molar-refractivity contribution in [3.05, 3.63) is 58.2 Å². The third-order valence-corrected chi connectivity index (χ3v) is 6.15. The summed E-state index contributed by atoms with van der Waals surface area (Å²) in [7, 11) is 0. The summed E-state index contributed by atoms with van der Waals surface area (Å²) in [5.74, 6) is 0.841. The summed E-state index contributed by atoms with van der Waals surface area (Å²) < 4.78 is 2.44. The monoisotopic (exact) mass is 384 g/mol. The van der Waals surface area contributed by atoms with Crippen LogP contribution < -0.4 is 5.32 Å². The molecule has 0 radical (unpaired) electrons. The van der Waals surface area contributed by atoms with Gasteiger partial charge in [-0.2, -0.15) is 5.10 Å². The van der Waals surface area contributed by atoms with Crippen LogP contribution in [0.25, 0.3) is 10.7 Å². The van der Waals surface area contributed by atoms with Crippen molar-refractivity contribution in [2.75, 3.05) is 0 Å². The van der Waals surface area contributed by atoms with Crippen molar-refractivity contribution in [3.8, 4) is 10.7 Å². The largest absolute Gasteiger partial charge is 0.347 e. The second-order valence-electron chi connectivity index (χ2n) is 6.58. The molecule has 1 saturated carbocycles. The van der Waals surface area contributed by atoms with Crippen LogP contribution in [0.1, 0.15) is 31.2 Å². The molecule has 2 heterocycles. The number of rotatable bonds is 6. The summed E-state index contributed by atoms with van der Waals surface area (Å²) in [6.45, 7) is 0.513. The zero-order valence-electron chi connectivity index (χ0n) is 14.3. The molecule has 1 aliphatic rings. The van der Waals surface area contributed by atoms with Crippen LogP contribution in [0.2, 0.25) is 0 Å². The lowest BCUT2D eigenvalue weighted by Gasteiger charge is -2.43. The molecule has 0 spiro atoms. The normalized spacial score (nSPS) is 15.4. The molecule has 0 atom stereocenters. The number of nitrogens with zero attached hydrogens (tertiary/aromatic N) is 2. The Morgan fingerprint density at radius 2 is 2.08 bits per heavy atom. The van der Waals surface area contributed by atoms with Crippen molar-refractivity contribution in [1.82, 2.24) is 20.1 Å². The predicted octanol–water partition coefficient (Wildman–Crippen LogP) is 4.25. The average molecular weight is 385 g/mol. The molecule has 2 aromatic heterocycles. The number of amides is 1. The Morgan fingerprint density at radius 1 is 1.27 bits per heavy atom. The van der Waals surface area contributed by atoms with Gasteiger partial charge in [0.05, 0.1) is 10.4 Å². The molecule has 3 aromatic rings. The molecule has 1 fully saturated rings. The van der Waals surface area contributed by atoms with E-state index in [-0.39, 0.29) is 11.4 Å². The maximum atomic E-state index is 12.6. The molecule has 26 heavy (non-hydrogen) atoms. The first-order valence-corrected chi connectivity index (χ1v) is 10.0. The fourth-order valence-electron chi connectivity index (χ4n) is 3.44. The van der Waals surface area contributed by atoms with Gasteiger partial charge in [-0.05, 0) is 48.5 Å². The minimum Gasteiger partial charge on any atom is -0.347 e. The van der Waals surface area contributed by atoms with Gasteiger partial charge >= 0.3 is 0 Å². The summed E-state index contributed by atoms with van der Waals surface area (Å²) in [6.07, 6.45) is 3.51. The van der Waals surface area contributed by atoms with E-state index < -0.39 is 0 Å². The molecule has 1 aromatic carbocycles. The molecule has 1 amide bonds. The van der Waals surface area contributed by atoms with Crippen LogP contribution in [0.4, 0.5) is 0 Å². The van der Waals surface area contributed by atoms with Crippen molar-refractivity contribution in [2.45, 2.75) is 37.8 Å². The first kappa shape index (κ1) is 17.2. The molecule has 0 aliphatic heterocycles. The number of aromatic amines is 1. The smallest absolute Gasteiger partial charge is 0.222 e. The molecular formula is C19H20N4OS2. The van der Waals surface area contributed by atoms with Crippen LogP contribution in [0.3, 0.4) is 0 Å². The molecular weight excluding hydrogens is 364 g/mol. The van der Waals surface area contributed by atoms with Gasteiger partial charge in [0.1, 0.15) is 0 Å². The molecule has 4 rings (SSSR count). The Morgan fingerprint density at radius 3 is 2.73 bits per heavy atom. The van der Waals surface area contributed by atoms with Gasteiger partial charge in [0, 0.05) is 13.0 Å². The summed E-state index contributed by atoms with van der Waals surface area (Å²) in [5.41, 5.74) is 0.992. The number of carbonyl (C=O) groups is 1. The zero-order valence-corrected chi connectivity index (χ0v) is 15.9. The van der Waals surface area contributed by atoms with E-state index >= 15 is 0 Å². The van der Waals surface area contributed by atoms with Crippen molar-refractivity contribution in [2.24, 2.45) is 0 Å². The topological polar surface area (TPSA) is 62.7 Å². The van der Waals surface area contributed by atoms with Gasteiger partial charge < -0.3 is 5.32 Å². The van der Waals surface area contributed by atoms with E-state index in [1.54, 1.807) is 11.3 Å². The maximum Gasteiger partial charge on any atom is 0.222 e. The Balaban J connectivity index is 1.45. The molecule has 7 heteroatoms. The van der Waals surface area contributed by atoms with Crippen LogP contribution in [-0.2, 0) is 16.9 Å². The molecule has 0 bridgehead atoms. The van der Waals surface area contributed by atoms with Gasteiger partial charge in [0.25, 0.3) is 0 Å². The maximum absolute atomic E-state index is 12.6. The van der Waals surface area contributed by atoms with Gasteiger partial charge in [0.15, 0.2) is 10.6 Å². The Kier molecular flexibility index (Phi) is 4.74. The number of nitrogens with one attached hydrogen (secondary N) is 2. The second-order valence-corrected chi connectivity index (χ2v) is 7.92. The zero-order chi connectivity index (χ0) is 18.0. The van der Waals surface area contributed by atoms with Gasteiger partial charge in [-0.1, -0.05) is 36.4 Å². The quantitative estimate of drug-likeness (QED) is 0.625. The second kappa shape index (κ2) is 7.17. The standard InChI is InChI=1S/C19H20N4OS2/c24-16(20-19(10-5-11-19)14-6-2-1-3-7-14)9-12-23-17(21-22-18(23)25)15-8-4-13-26-15/h1-4,6-8,13H,5,9-12H2,(H,20,24)(H,22,25). The number of carbonyl (C=O) groups excluding carboxylic acids is 1. The van der Waals surface area contributed by atoms with E-state index in [1.807, 2.05) is 40.3 Å². The van der Waals surface area contributed by atoms with Crippen molar-refractivity contribution in [3.63, 3.8) is 0 Å². The highest BCUT2D eigenvalue weighted by atomic mass is 32.1. The number of aromatic nitrogens is 3. The van der Waals surface area contributed by atoms with Crippen LogP contribution in [0, 0.1) is 4.77 Å². The van der Waals surface area contributed by atoms with Crippen LogP contribution in [0.15, 0.2) is 47.8 Å². The number of hydrogen-bond donors (Lipinski definition) is 2. The SMILES string of the molecule is O=C(CCn1c(-c2cccs2)n[nH]c1=S)NC1(c2ccccc2)CCC1. The summed E-state index contributed by atoms with van der Waals surface area (Å²) >= 11 is 6.94. The van der Waals surface area contributed by atoms with E-state index in [4.69, 9.17) is 12.2 Å². The lowest BCUT2D eigenvalue weighted by molar-refractivity contribution is -0.124. The lowest BCUT2D eigenvalue weighted by Crippen LogP contribution is -2.50. The number of hydrogen-bond acceptors (Lipinski definition) is 4. The van der Waals surface area contributed by atoms with E-state index in [9.17, 15) is 4.79 Å². The van der Waals surface area contributed by atoms with Gasteiger partial charge in [0.2, 0.25) is 5.91 Å². The highest BCUT2D eigenvalue weighted by Crippen LogP contribution is 2.41. The van der Waals surface area contributed by atoms with Crippen LogP contribution in [0.5, 0.6) is 0 Å². The third kappa shape index (κ3) is 3.24. The van der Waals surface area contributed by atoms with E-state index in [0.717, 1.165) is 30.0 Å². The van der Waals surface area contributed by atoms with Crippen LogP contribution >= 0.6 is 23.6 Å². The van der Waals surface area contributed by atoms with Gasteiger partial charge in [-0.3, -0.25) is 14.5 Å². The summed E-state index contributed by atoms with van der Waals surface area (Å²) in [5, 5.41) is 12.4. The first-order valence-electron chi connectivity index (χ1n) is 8.74. The third-order valence-electron chi connectivity index (χ3n) is 4.97. The average Bonchev–Trinajstić information content (AvgIpc) is 3.27. The van der Waals surface area contributed by atoms with Crippen molar-refractivity contribution < 1.29 is 4.79 Å². The highest BCUT2D eigenvalue weighted by Gasteiger charge is 2.39. The molecule has 0 saturated heterocycles. The summed E-state index contributed by atoms with van der Waals surface area (Å²) in [4.78, 5) is 13.7. The lowest BCUT2D eigenvalue weighted by atomic mass is 9.71. The van der Waals surface area contributed by atoms with E-state index in [2.05, 4.69) is 27.6 Å². The Bertz CT molecular complexity index is 940. The fraction of sp³-hybridized carbons (Fsp3) is 0.316. The van der Waals surface area contributed by atoms with Gasteiger partial charge in [-0.25, -0.2) is 0 Å². The Labute approximate surface area is 161 Å². The first-order chi connectivity index (χ1) is 12.7. The van der Waals surface area contributed by atoms with Gasteiger partial charge in [-0.15, -0.1) is 11.3 Å². The molecule has 1 aliphatic carbocycles. The summed E-state index contributed by atoms with van der Waals surface area (Å²) in [6, 6.07) is 14.2. The number of H-pyrrole nitrogens is 1. The van der Waals surface area contributed by atoms with E-state index in [1.165, 1.54) is 5.56 Å². The molecule has 5 nitrogen and oxygen atoms in total. The van der Waals surface area contributed by atoms with Crippen LogP contribution in [-0.4, -0.2) is 20.7 Å². The molecule has 0 unspecified atom stereocenters. The van der Waals surface area contributed by atoms with E-state index in [0.29, 0.717) is 17.7 Å². The van der Waals surface area contributed by atoms with Crippen molar-refractivity contribution >= 4 is 29.5 Å². The highest BCUT2D eigenvalue weighted by molar-refractivity contribution is 7.71. The number of thiophene rings is 1. The molecule has 2 N–H and O–H groups in total. The minimum absolute atomic E-state index is 0.0498.